The van der Waals surface area contributed by atoms with E-state index in [4.69, 9.17) is 9.98 Å². The quantitative estimate of drug-likeness (QED) is 0.131. The average molecular weight is 796 g/mol. The lowest BCUT2D eigenvalue weighted by molar-refractivity contribution is 0.418. The fraction of sp³-hybridized carbons (Fsp3) is 0.310. The molecular weight excluding hydrogens is 739 g/mol. The first-order valence-corrected chi connectivity index (χ1v) is 23.0. The molecule has 0 amide bonds. The largest absolute Gasteiger partial charge is 0.313 e. The van der Waals surface area contributed by atoms with E-state index in [1.54, 1.807) is 11.1 Å². The standard InChI is InChI=1S/C58H57N3/c1-6-13-44-39(7-2)31-41-21-18-38(30-47(41)44)36-59-35-37-19-23-43(24-20-37)61-55-27-22-42(58(5)29-28-52-50(34-58)45-16-11-12-17-51(45)57(52,3)4)32-48(55)46-25-26-53-49(56(46)61)33-54(60-53)40-14-9-8-10-15-40/h8-12,14-19,21-23,25-30,32,35,39,44H,6-7,13,20,24,31,33-34,36H2,1-5H3. The van der Waals surface area contributed by atoms with Crippen LogP contribution in [-0.2, 0) is 30.2 Å². The third kappa shape index (κ3) is 6.21. The second-order valence-electron chi connectivity index (χ2n) is 19.3. The Labute approximate surface area is 362 Å². The summed E-state index contributed by atoms with van der Waals surface area (Å²) >= 11 is 0. The molecule has 0 saturated carbocycles. The monoisotopic (exact) mass is 795 g/mol. The molecule has 0 saturated heterocycles. The van der Waals surface area contributed by atoms with Crippen molar-refractivity contribution in [3.05, 3.63) is 183 Å². The van der Waals surface area contributed by atoms with E-state index in [2.05, 4.69) is 173 Å². The topological polar surface area (TPSA) is 29.6 Å². The molecule has 11 rings (SSSR count). The molecular formula is C58H57N3. The summed E-state index contributed by atoms with van der Waals surface area (Å²) < 4.78 is 2.58. The number of benzene rings is 5. The molecule has 3 nitrogen and oxygen atoms in total. The predicted octanol–water partition coefficient (Wildman–Crippen LogP) is 14.7. The van der Waals surface area contributed by atoms with Gasteiger partial charge >= 0.3 is 0 Å². The van der Waals surface area contributed by atoms with E-state index >= 15 is 0 Å². The van der Waals surface area contributed by atoms with E-state index < -0.39 is 0 Å². The highest BCUT2D eigenvalue weighted by atomic mass is 15.0. The van der Waals surface area contributed by atoms with Crippen molar-refractivity contribution in [2.45, 2.75) is 109 Å². The molecule has 3 heteroatoms. The molecule has 3 unspecified atom stereocenters. The van der Waals surface area contributed by atoms with E-state index in [1.807, 2.05) is 0 Å². The Morgan fingerprint density at radius 2 is 1.70 bits per heavy atom. The molecule has 5 aliphatic rings. The van der Waals surface area contributed by atoms with E-state index in [0.29, 0.717) is 5.92 Å². The van der Waals surface area contributed by atoms with Gasteiger partial charge in [-0.15, -0.1) is 0 Å². The van der Waals surface area contributed by atoms with Crippen molar-refractivity contribution in [3.8, 4) is 0 Å². The predicted molar refractivity (Wildman–Crippen MR) is 259 cm³/mol. The van der Waals surface area contributed by atoms with Crippen LogP contribution in [0.1, 0.15) is 124 Å². The minimum absolute atomic E-state index is 0.0224. The molecule has 0 bridgehead atoms. The van der Waals surface area contributed by atoms with Gasteiger partial charge in [-0.25, -0.2) is 0 Å². The van der Waals surface area contributed by atoms with Crippen molar-refractivity contribution in [1.29, 1.82) is 0 Å². The molecule has 2 heterocycles. The van der Waals surface area contributed by atoms with Crippen molar-refractivity contribution < 1.29 is 0 Å². The third-order valence-corrected chi connectivity index (χ3v) is 15.2. The van der Waals surface area contributed by atoms with Crippen LogP contribution in [0.15, 0.2) is 149 Å². The number of allylic oxidation sites excluding steroid dienone is 8. The second-order valence-corrected chi connectivity index (χ2v) is 19.3. The van der Waals surface area contributed by atoms with Gasteiger partial charge in [-0.05, 0) is 124 Å². The summed E-state index contributed by atoms with van der Waals surface area (Å²) in [4.78, 5) is 10.3. The fourth-order valence-corrected chi connectivity index (χ4v) is 11.9. The highest BCUT2D eigenvalue weighted by Crippen LogP contribution is 2.54. The third-order valence-electron chi connectivity index (χ3n) is 15.2. The van der Waals surface area contributed by atoms with Gasteiger partial charge in [-0.1, -0.05) is 151 Å². The molecule has 0 radical (unpaired) electrons. The Morgan fingerprint density at radius 1 is 0.852 bits per heavy atom. The van der Waals surface area contributed by atoms with Gasteiger partial charge in [0.25, 0.3) is 0 Å². The van der Waals surface area contributed by atoms with Crippen LogP contribution in [0.3, 0.4) is 0 Å². The van der Waals surface area contributed by atoms with Gasteiger partial charge in [0.1, 0.15) is 0 Å². The molecule has 5 aromatic carbocycles. The maximum absolute atomic E-state index is 5.24. The first-order valence-electron chi connectivity index (χ1n) is 23.0. The SMILES string of the molecule is CCCC1c2cc(CN=CC3=CC=C(n4c5ccc(C6(C)C=CC7=C(C6)c6ccccc6C7(C)C)cc5c5ccc6c(c54)CC(c4ccccc4)=N6)CC3)ccc2CC1CC. The number of hydrogen-bond donors (Lipinski definition) is 0. The van der Waals surface area contributed by atoms with E-state index in [9.17, 15) is 0 Å². The van der Waals surface area contributed by atoms with E-state index in [-0.39, 0.29) is 10.8 Å². The number of rotatable bonds is 9. The van der Waals surface area contributed by atoms with Crippen molar-refractivity contribution in [2.24, 2.45) is 15.9 Å². The summed E-state index contributed by atoms with van der Waals surface area (Å²) in [6.45, 7) is 12.6. The molecule has 0 N–H and O–H groups in total. The van der Waals surface area contributed by atoms with Gasteiger partial charge in [0.15, 0.2) is 0 Å². The van der Waals surface area contributed by atoms with Crippen molar-refractivity contribution in [3.63, 3.8) is 0 Å². The Hall–Kier alpha value is -5.80. The first kappa shape index (κ1) is 38.1. The Balaban J connectivity index is 0.945. The minimum atomic E-state index is -0.120. The van der Waals surface area contributed by atoms with Crippen LogP contribution >= 0.6 is 0 Å². The highest BCUT2D eigenvalue weighted by Gasteiger charge is 2.41. The molecule has 0 fully saturated rings. The Morgan fingerprint density at radius 3 is 2.52 bits per heavy atom. The lowest BCUT2D eigenvalue weighted by Gasteiger charge is -2.33. The number of aliphatic imine (C=N–C) groups is 2. The van der Waals surface area contributed by atoms with Gasteiger partial charge in [0, 0.05) is 45.5 Å². The van der Waals surface area contributed by atoms with Crippen LogP contribution < -0.4 is 0 Å². The zero-order chi connectivity index (χ0) is 41.5. The zero-order valence-electron chi connectivity index (χ0n) is 36.6. The molecule has 1 aliphatic heterocycles. The van der Waals surface area contributed by atoms with Gasteiger partial charge < -0.3 is 4.57 Å². The summed E-state index contributed by atoms with van der Waals surface area (Å²) in [5.41, 5.74) is 21.6. The van der Waals surface area contributed by atoms with Crippen LogP contribution in [0.4, 0.5) is 5.69 Å². The van der Waals surface area contributed by atoms with E-state index in [1.165, 1.54) is 103 Å². The molecule has 4 aliphatic carbocycles. The lowest BCUT2D eigenvalue weighted by Crippen LogP contribution is -2.24. The van der Waals surface area contributed by atoms with E-state index in [0.717, 1.165) is 49.5 Å². The molecule has 0 spiro atoms. The maximum Gasteiger partial charge on any atom is 0.0690 e. The van der Waals surface area contributed by atoms with Gasteiger partial charge in [0.05, 0.1) is 29.0 Å². The Kier molecular flexibility index (Phi) is 9.18. The van der Waals surface area contributed by atoms with Gasteiger partial charge in [-0.3, -0.25) is 9.98 Å². The lowest BCUT2D eigenvalue weighted by atomic mass is 9.70. The highest BCUT2D eigenvalue weighted by molar-refractivity contribution is 6.16. The zero-order valence-corrected chi connectivity index (χ0v) is 36.6. The number of fused-ring (bicyclic) bond motifs is 8. The van der Waals surface area contributed by atoms with Crippen LogP contribution in [0.2, 0.25) is 0 Å². The molecule has 61 heavy (non-hydrogen) atoms. The summed E-state index contributed by atoms with van der Waals surface area (Å²) in [5.74, 6) is 1.50. The average Bonchev–Trinajstić information content (AvgIpc) is 4.03. The number of aromatic nitrogens is 1. The van der Waals surface area contributed by atoms with Crippen LogP contribution in [-0.4, -0.2) is 16.5 Å². The van der Waals surface area contributed by atoms with Crippen molar-refractivity contribution in [1.82, 2.24) is 4.57 Å². The fourth-order valence-electron chi connectivity index (χ4n) is 11.9. The Bertz CT molecular complexity index is 2960. The van der Waals surface area contributed by atoms with Gasteiger partial charge in [-0.2, -0.15) is 0 Å². The van der Waals surface area contributed by atoms with Crippen molar-refractivity contribution >= 4 is 50.7 Å². The number of hydrogen-bond acceptors (Lipinski definition) is 2. The smallest absolute Gasteiger partial charge is 0.0690 e. The molecule has 1 aromatic heterocycles. The van der Waals surface area contributed by atoms with Crippen LogP contribution in [0.5, 0.6) is 0 Å². The normalized spacial score (nSPS) is 22.4. The van der Waals surface area contributed by atoms with Crippen LogP contribution in [0.25, 0.3) is 33.1 Å². The van der Waals surface area contributed by atoms with Crippen molar-refractivity contribution in [2.75, 3.05) is 0 Å². The summed E-state index contributed by atoms with van der Waals surface area (Å²) in [5, 5.41) is 2.64. The van der Waals surface area contributed by atoms with Gasteiger partial charge in [0.2, 0.25) is 0 Å². The second kappa shape index (κ2) is 14.7. The molecule has 304 valence electrons. The number of nitrogens with zero attached hydrogens (tertiary/aromatic N) is 3. The maximum atomic E-state index is 5.24. The molecule has 6 aromatic rings. The van der Waals surface area contributed by atoms with Crippen LogP contribution in [0, 0.1) is 5.92 Å². The summed E-state index contributed by atoms with van der Waals surface area (Å²) in [7, 11) is 0. The summed E-state index contributed by atoms with van der Waals surface area (Å²) in [6.07, 6.45) is 20.5. The molecule has 3 atom stereocenters. The minimum Gasteiger partial charge on any atom is -0.313 e. The first-order chi connectivity index (χ1) is 29.7. The summed E-state index contributed by atoms with van der Waals surface area (Å²) in [6, 6.07) is 38.9.